The highest BCUT2D eigenvalue weighted by molar-refractivity contribution is 5.85. The lowest BCUT2D eigenvalue weighted by Gasteiger charge is -2.04. The summed E-state index contributed by atoms with van der Waals surface area (Å²) < 4.78 is 0. The van der Waals surface area contributed by atoms with E-state index in [1.807, 2.05) is 13.1 Å². The lowest BCUT2D eigenvalue weighted by Crippen LogP contribution is -2.04. The Balaban J connectivity index is 0.000000845. The Bertz CT molecular complexity index is 392. The predicted octanol–water partition coefficient (Wildman–Crippen LogP) is 2.61. The van der Waals surface area contributed by atoms with Crippen LogP contribution in [0.3, 0.4) is 0 Å². The molecule has 0 unspecified atom stereocenters. The number of fused-ring (bicyclic) bond motifs is 1. The van der Waals surface area contributed by atoms with Crippen LogP contribution in [0.2, 0.25) is 0 Å². The van der Waals surface area contributed by atoms with Gasteiger partial charge in [0.25, 0.3) is 0 Å². The van der Waals surface area contributed by atoms with Gasteiger partial charge in [0.15, 0.2) is 0 Å². The van der Waals surface area contributed by atoms with Crippen molar-refractivity contribution in [3.63, 3.8) is 0 Å². The maximum absolute atomic E-state index is 5.76. The summed E-state index contributed by atoms with van der Waals surface area (Å²) >= 11 is 0. The van der Waals surface area contributed by atoms with Gasteiger partial charge in [0.1, 0.15) is 0 Å². The molecule has 0 aliphatic carbocycles. The molecule has 1 aromatic carbocycles. The van der Waals surface area contributed by atoms with Crippen LogP contribution in [0.15, 0.2) is 30.5 Å². The molecule has 2 rings (SSSR count). The molecule has 0 radical (unpaired) electrons. The molecule has 2 nitrogen and oxygen atoms in total. The SMILES string of the molecule is C[C@H](N)c1ccc2[nH]ccc2c1.Cl. The first-order valence-electron chi connectivity index (χ1n) is 4.10. The van der Waals surface area contributed by atoms with E-state index >= 15 is 0 Å². The van der Waals surface area contributed by atoms with Gasteiger partial charge >= 0.3 is 0 Å². The first-order valence-corrected chi connectivity index (χ1v) is 4.10. The maximum Gasteiger partial charge on any atom is 0.0454 e. The van der Waals surface area contributed by atoms with Gasteiger partial charge in [-0.1, -0.05) is 6.07 Å². The number of nitrogens with two attached hydrogens (primary N) is 1. The molecule has 2 aromatic rings. The lowest BCUT2D eigenvalue weighted by molar-refractivity contribution is 0.820. The maximum atomic E-state index is 5.76. The third-order valence-electron chi connectivity index (χ3n) is 2.10. The van der Waals surface area contributed by atoms with Gasteiger partial charge < -0.3 is 10.7 Å². The molecule has 0 saturated carbocycles. The largest absolute Gasteiger partial charge is 0.361 e. The average molecular weight is 197 g/mol. The van der Waals surface area contributed by atoms with Crippen molar-refractivity contribution in [1.29, 1.82) is 0 Å². The summed E-state index contributed by atoms with van der Waals surface area (Å²) in [5.74, 6) is 0. The van der Waals surface area contributed by atoms with Gasteiger partial charge in [-0.15, -0.1) is 12.4 Å². The molecule has 3 N–H and O–H groups in total. The van der Waals surface area contributed by atoms with E-state index in [9.17, 15) is 0 Å². The Kier molecular flexibility index (Phi) is 2.96. The lowest BCUT2D eigenvalue weighted by atomic mass is 10.1. The van der Waals surface area contributed by atoms with Crippen LogP contribution in [-0.4, -0.2) is 4.98 Å². The minimum absolute atomic E-state index is 0. The van der Waals surface area contributed by atoms with Crippen molar-refractivity contribution in [3.05, 3.63) is 36.0 Å². The number of nitrogens with one attached hydrogen (secondary N) is 1. The van der Waals surface area contributed by atoms with Crippen molar-refractivity contribution in [3.8, 4) is 0 Å². The Labute approximate surface area is 83.5 Å². The van der Waals surface area contributed by atoms with Crippen molar-refractivity contribution in [2.75, 3.05) is 0 Å². The van der Waals surface area contributed by atoms with E-state index in [1.54, 1.807) is 0 Å². The molecular formula is C10H13ClN2. The van der Waals surface area contributed by atoms with Gasteiger partial charge in [-0.25, -0.2) is 0 Å². The first-order chi connectivity index (χ1) is 5.77. The quantitative estimate of drug-likeness (QED) is 0.724. The fourth-order valence-corrected chi connectivity index (χ4v) is 1.35. The van der Waals surface area contributed by atoms with Crippen molar-refractivity contribution in [2.24, 2.45) is 5.73 Å². The van der Waals surface area contributed by atoms with Crippen LogP contribution in [0.4, 0.5) is 0 Å². The zero-order valence-electron chi connectivity index (χ0n) is 7.45. The molecule has 0 saturated heterocycles. The molecule has 0 aliphatic rings. The summed E-state index contributed by atoms with van der Waals surface area (Å²) in [6.07, 6.45) is 1.94. The summed E-state index contributed by atoms with van der Waals surface area (Å²) in [7, 11) is 0. The van der Waals surface area contributed by atoms with Crippen LogP contribution in [-0.2, 0) is 0 Å². The Hall–Kier alpha value is -0.990. The molecule has 0 aliphatic heterocycles. The minimum Gasteiger partial charge on any atom is -0.361 e. The summed E-state index contributed by atoms with van der Waals surface area (Å²) in [5.41, 5.74) is 8.11. The fraction of sp³-hybridized carbons (Fsp3) is 0.200. The molecule has 70 valence electrons. The van der Waals surface area contributed by atoms with Gasteiger partial charge in [0, 0.05) is 17.8 Å². The number of benzene rings is 1. The molecular weight excluding hydrogens is 184 g/mol. The second kappa shape index (κ2) is 3.81. The predicted molar refractivity (Wildman–Crippen MR) is 58.1 cm³/mol. The van der Waals surface area contributed by atoms with Crippen LogP contribution >= 0.6 is 12.4 Å². The molecule has 13 heavy (non-hydrogen) atoms. The molecule has 3 heteroatoms. The topological polar surface area (TPSA) is 41.8 Å². The van der Waals surface area contributed by atoms with E-state index in [-0.39, 0.29) is 18.4 Å². The van der Waals surface area contributed by atoms with Crippen molar-refractivity contribution in [2.45, 2.75) is 13.0 Å². The third kappa shape index (κ3) is 1.85. The second-order valence-electron chi connectivity index (χ2n) is 3.11. The van der Waals surface area contributed by atoms with Crippen molar-refractivity contribution < 1.29 is 0 Å². The van der Waals surface area contributed by atoms with Gasteiger partial charge in [0.2, 0.25) is 0 Å². The van der Waals surface area contributed by atoms with Crippen LogP contribution in [0.5, 0.6) is 0 Å². The van der Waals surface area contributed by atoms with E-state index < -0.39 is 0 Å². The van der Waals surface area contributed by atoms with Gasteiger partial charge in [-0.2, -0.15) is 0 Å². The number of halogens is 1. The van der Waals surface area contributed by atoms with Gasteiger partial charge in [-0.3, -0.25) is 0 Å². The highest BCUT2D eigenvalue weighted by atomic mass is 35.5. The van der Waals surface area contributed by atoms with E-state index in [0.29, 0.717) is 0 Å². The van der Waals surface area contributed by atoms with E-state index in [4.69, 9.17) is 5.73 Å². The van der Waals surface area contributed by atoms with Crippen molar-refractivity contribution in [1.82, 2.24) is 4.98 Å². The molecule has 1 aromatic heterocycles. The molecule has 0 fully saturated rings. The average Bonchev–Trinajstić information content (AvgIpc) is 2.49. The molecule has 0 spiro atoms. The van der Waals surface area contributed by atoms with Crippen LogP contribution in [0.25, 0.3) is 10.9 Å². The Morgan fingerprint density at radius 1 is 1.31 bits per heavy atom. The zero-order valence-corrected chi connectivity index (χ0v) is 8.27. The highest BCUT2D eigenvalue weighted by Crippen LogP contribution is 2.17. The van der Waals surface area contributed by atoms with E-state index in [0.717, 1.165) is 0 Å². The third-order valence-corrected chi connectivity index (χ3v) is 2.10. The Morgan fingerprint density at radius 3 is 2.77 bits per heavy atom. The number of hydrogen-bond donors (Lipinski definition) is 2. The number of aromatic nitrogens is 1. The number of hydrogen-bond acceptors (Lipinski definition) is 1. The smallest absolute Gasteiger partial charge is 0.0454 e. The molecule has 0 amide bonds. The second-order valence-corrected chi connectivity index (χ2v) is 3.11. The summed E-state index contributed by atoms with van der Waals surface area (Å²) in [6.45, 7) is 1.99. The number of rotatable bonds is 1. The number of aromatic amines is 1. The zero-order chi connectivity index (χ0) is 8.55. The monoisotopic (exact) mass is 196 g/mol. The van der Waals surface area contributed by atoms with Crippen molar-refractivity contribution >= 4 is 23.3 Å². The first kappa shape index (κ1) is 10.1. The Morgan fingerprint density at radius 2 is 2.08 bits per heavy atom. The summed E-state index contributed by atoms with van der Waals surface area (Å²) in [4.78, 5) is 3.14. The molecule has 1 atom stereocenters. The summed E-state index contributed by atoms with van der Waals surface area (Å²) in [6, 6.07) is 8.42. The van der Waals surface area contributed by atoms with Gasteiger partial charge in [0.05, 0.1) is 0 Å². The standard InChI is InChI=1S/C10H12N2.ClH/c1-7(11)8-2-3-10-9(6-8)4-5-12-10;/h2-7,12H,11H2,1H3;1H/t7-;/m0./s1. The van der Waals surface area contributed by atoms with Crippen LogP contribution in [0, 0.1) is 0 Å². The van der Waals surface area contributed by atoms with E-state index in [2.05, 4.69) is 29.2 Å². The van der Waals surface area contributed by atoms with Crippen LogP contribution in [0.1, 0.15) is 18.5 Å². The van der Waals surface area contributed by atoms with Gasteiger partial charge in [-0.05, 0) is 36.1 Å². The fourth-order valence-electron chi connectivity index (χ4n) is 1.35. The van der Waals surface area contributed by atoms with Crippen LogP contribution < -0.4 is 5.73 Å². The normalized spacial score (nSPS) is 12.5. The minimum atomic E-state index is 0. The highest BCUT2D eigenvalue weighted by Gasteiger charge is 2.00. The molecule has 0 bridgehead atoms. The van der Waals surface area contributed by atoms with E-state index in [1.165, 1.54) is 16.5 Å². The molecule has 1 heterocycles. The summed E-state index contributed by atoms with van der Waals surface area (Å²) in [5, 5.41) is 1.23. The number of H-pyrrole nitrogens is 1.